The van der Waals surface area contributed by atoms with Crippen molar-refractivity contribution >= 4 is 12.1 Å². The van der Waals surface area contributed by atoms with Gasteiger partial charge in [0.15, 0.2) is 11.5 Å². The maximum Gasteiger partial charge on any atom is 0.271 e. The molecule has 0 unspecified atom stereocenters. The average molecular weight is 362 g/mol. The van der Waals surface area contributed by atoms with Crippen LogP contribution in [0.25, 0.3) is 5.69 Å². The number of fused-ring (bicyclic) bond motifs is 1. The second-order valence-corrected chi connectivity index (χ2v) is 6.13. The highest BCUT2D eigenvalue weighted by atomic mass is 16.7. The summed E-state index contributed by atoms with van der Waals surface area (Å²) < 4.78 is 12.9. The Bertz CT molecular complexity index is 1030. The van der Waals surface area contributed by atoms with Gasteiger partial charge in [-0.1, -0.05) is 0 Å². The van der Waals surface area contributed by atoms with Crippen molar-refractivity contribution in [1.82, 2.24) is 15.0 Å². The highest BCUT2D eigenvalue weighted by Crippen LogP contribution is 2.34. The molecule has 7 nitrogen and oxygen atoms in total. The van der Waals surface area contributed by atoms with Crippen molar-refractivity contribution in [3.05, 3.63) is 71.3 Å². The van der Waals surface area contributed by atoms with Crippen molar-refractivity contribution in [2.45, 2.75) is 13.8 Å². The zero-order valence-electron chi connectivity index (χ0n) is 15.0. The van der Waals surface area contributed by atoms with E-state index in [9.17, 15) is 4.79 Å². The van der Waals surface area contributed by atoms with Gasteiger partial charge in [-0.25, -0.2) is 5.43 Å². The van der Waals surface area contributed by atoms with Crippen LogP contribution in [0.15, 0.2) is 53.9 Å². The molecule has 0 spiro atoms. The van der Waals surface area contributed by atoms with Crippen molar-refractivity contribution in [3.63, 3.8) is 0 Å². The molecule has 1 aromatic carbocycles. The molecular weight excluding hydrogens is 344 g/mol. The number of aromatic nitrogens is 2. The van der Waals surface area contributed by atoms with Crippen LogP contribution in [0, 0.1) is 13.8 Å². The maximum absolute atomic E-state index is 12.0. The van der Waals surface area contributed by atoms with Gasteiger partial charge in [-0.15, -0.1) is 0 Å². The lowest BCUT2D eigenvalue weighted by Gasteiger charge is -2.10. The number of carbonyl (C=O) groups is 1. The van der Waals surface area contributed by atoms with Crippen LogP contribution in [-0.2, 0) is 0 Å². The minimum atomic E-state index is -0.279. The summed E-state index contributed by atoms with van der Waals surface area (Å²) in [6, 6.07) is 11.1. The topological polar surface area (TPSA) is 77.7 Å². The summed E-state index contributed by atoms with van der Waals surface area (Å²) >= 11 is 0. The third-order valence-electron chi connectivity index (χ3n) is 4.40. The molecule has 27 heavy (non-hydrogen) atoms. The number of carbonyl (C=O) groups excluding carboxylic acids is 1. The first kappa shape index (κ1) is 16.8. The molecule has 1 aliphatic heterocycles. The molecule has 0 fully saturated rings. The van der Waals surface area contributed by atoms with Gasteiger partial charge in [-0.05, 0) is 44.2 Å². The maximum atomic E-state index is 12.0. The van der Waals surface area contributed by atoms with E-state index >= 15 is 0 Å². The first-order valence-electron chi connectivity index (χ1n) is 8.46. The number of nitrogens with one attached hydrogen (secondary N) is 1. The number of aryl methyl sites for hydroxylation is 1. The largest absolute Gasteiger partial charge is 0.454 e. The standard InChI is InChI=1S/C20H18N4O3/c1-13-9-16(11-22-23-20(25)15-5-7-21-8-6-15)14(2)24(13)17-3-4-18-19(10-17)27-12-26-18/h3-11H,12H2,1-2H3,(H,23,25)/b22-11-. The quantitative estimate of drug-likeness (QED) is 0.572. The molecule has 0 bridgehead atoms. The number of hydrazone groups is 1. The Kier molecular flexibility index (Phi) is 4.33. The average Bonchev–Trinajstić information content (AvgIpc) is 3.26. The molecule has 2 aromatic heterocycles. The highest BCUT2D eigenvalue weighted by Gasteiger charge is 2.16. The smallest absolute Gasteiger partial charge is 0.271 e. The van der Waals surface area contributed by atoms with Gasteiger partial charge in [0.1, 0.15) is 0 Å². The van der Waals surface area contributed by atoms with Crippen LogP contribution in [0.4, 0.5) is 0 Å². The molecule has 0 atom stereocenters. The van der Waals surface area contributed by atoms with E-state index in [-0.39, 0.29) is 12.7 Å². The molecular formula is C20H18N4O3. The third-order valence-corrected chi connectivity index (χ3v) is 4.40. The summed E-state index contributed by atoms with van der Waals surface area (Å²) in [4.78, 5) is 15.9. The summed E-state index contributed by atoms with van der Waals surface area (Å²) in [7, 11) is 0. The van der Waals surface area contributed by atoms with Crippen LogP contribution in [0.3, 0.4) is 0 Å². The Hall–Kier alpha value is -3.61. The van der Waals surface area contributed by atoms with Crippen LogP contribution < -0.4 is 14.9 Å². The van der Waals surface area contributed by atoms with Crippen molar-refractivity contribution < 1.29 is 14.3 Å². The van der Waals surface area contributed by atoms with E-state index in [1.54, 1.807) is 30.7 Å². The van der Waals surface area contributed by atoms with E-state index in [0.29, 0.717) is 5.56 Å². The van der Waals surface area contributed by atoms with E-state index in [4.69, 9.17) is 9.47 Å². The predicted molar refractivity (Wildman–Crippen MR) is 101 cm³/mol. The molecule has 0 saturated heterocycles. The van der Waals surface area contributed by atoms with Crippen molar-refractivity contribution in [3.8, 4) is 17.2 Å². The summed E-state index contributed by atoms with van der Waals surface area (Å²) in [6.45, 7) is 4.27. The number of hydrogen-bond donors (Lipinski definition) is 1. The predicted octanol–water partition coefficient (Wildman–Crippen LogP) is 2.98. The molecule has 1 amide bonds. The Balaban J connectivity index is 1.55. The Morgan fingerprint density at radius 1 is 1.15 bits per heavy atom. The van der Waals surface area contributed by atoms with Gasteiger partial charge in [0.25, 0.3) is 5.91 Å². The first-order chi connectivity index (χ1) is 13.1. The number of rotatable bonds is 4. The Morgan fingerprint density at radius 2 is 1.93 bits per heavy atom. The molecule has 1 N–H and O–H groups in total. The van der Waals surface area contributed by atoms with Crippen LogP contribution in [0.5, 0.6) is 11.5 Å². The van der Waals surface area contributed by atoms with E-state index in [2.05, 4.69) is 20.1 Å². The second-order valence-electron chi connectivity index (χ2n) is 6.13. The first-order valence-corrected chi connectivity index (χ1v) is 8.46. The Labute approximate surface area is 156 Å². The minimum Gasteiger partial charge on any atom is -0.454 e. The molecule has 0 radical (unpaired) electrons. The van der Waals surface area contributed by atoms with E-state index in [1.165, 1.54) is 0 Å². The van der Waals surface area contributed by atoms with Crippen LogP contribution in [-0.4, -0.2) is 28.5 Å². The van der Waals surface area contributed by atoms with Crippen LogP contribution in [0.2, 0.25) is 0 Å². The molecule has 4 rings (SSSR count). The van der Waals surface area contributed by atoms with Crippen LogP contribution >= 0.6 is 0 Å². The number of amides is 1. The van der Waals surface area contributed by atoms with Crippen molar-refractivity contribution in [2.75, 3.05) is 6.79 Å². The van der Waals surface area contributed by atoms with E-state index in [0.717, 1.165) is 34.1 Å². The summed E-state index contributed by atoms with van der Waals surface area (Å²) in [5, 5.41) is 4.08. The molecule has 7 heteroatoms. The number of ether oxygens (including phenoxy) is 2. The molecule has 3 aromatic rings. The second kappa shape index (κ2) is 6.95. The highest BCUT2D eigenvalue weighted by molar-refractivity contribution is 5.94. The van der Waals surface area contributed by atoms with E-state index in [1.807, 2.05) is 38.1 Å². The van der Waals surface area contributed by atoms with E-state index < -0.39 is 0 Å². The lowest BCUT2D eigenvalue weighted by Crippen LogP contribution is -2.17. The normalized spacial score (nSPS) is 12.5. The number of hydrogen-bond acceptors (Lipinski definition) is 5. The molecule has 0 aliphatic carbocycles. The van der Waals surface area contributed by atoms with Gasteiger partial charge in [0.2, 0.25) is 6.79 Å². The summed E-state index contributed by atoms with van der Waals surface area (Å²) in [5.41, 5.74) is 7.00. The summed E-state index contributed by atoms with van der Waals surface area (Å²) in [6.07, 6.45) is 4.78. The monoisotopic (exact) mass is 362 g/mol. The zero-order valence-corrected chi connectivity index (χ0v) is 15.0. The fourth-order valence-electron chi connectivity index (χ4n) is 3.07. The lowest BCUT2D eigenvalue weighted by atomic mass is 10.2. The number of pyridine rings is 1. The lowest BCUT2D eigenvalue weighted by molar-refractivity contribution is 0.0955. The zero-order chi connectivity index (χ0) is 18.8. The minimum absolute atomic E-state index is 0.248. The Morgan fingerprint density at radius 3 is 2.74 bits per heavy atom. The number of benzene rings is 1. The summed E-state index contributed by atoms with van der Waals surface area (Å²) in [5.74, 6) is 1.21. The van der Waals surface area contributed by atoms with Gasteiger partial charge in [-0.3, -0.25) is 9.78 Å². The van der Waals surface area contributed by atoms with Gasteiger partial charge in [0.05, 0.1) is 6.21 Å². The fraction of sp³-hybridized carbons (Fsp3) is 0.150. The van der Waals surface area contributed by atoms with Gasteiger partial charge < -0.3 is 14.0 Å². The third kappa shape index (κ3) is 3.27. The molecule has 1 aliphatic rings. The fourth-order valence-corrected chi connectivity index (χ4v) is 3.07. The van der Waals surface area contributed by atoms with Crippen molar-refractivity contribution in [2.24, 2.45) is 5.10 Å². The molecule has 136 valence electrons. The van der Waals surface area contributed by atoms with Gasteiger partial charge in [-0.2, -0.15) is 5.10 Å². The van der Waals surface area contributed by atoms with Crippen molar-refractivity contribution in [1.29, 1.82) is 0 Å². The SMILES string of the molecule is Cc1cc(/C=N\NC(=O)c2ccncc2)c(C)n1-c1ccc2c(c1)OCO2. The molecule has 3 heterocycles. The van der Waals surface area contributed by atoms with Crippen LogP contribution in [0.1, 0.15) is 27.3 Å². The molecule has 0 saturated carbocycles. The number of nitrogens with zero attached hydrogens (tertiary/aromatic N) is 3. The van der Waals surface area contributed by atoms with Gasteiger partial charge >= 0.3 is 0 Å². The van der Waals surface area contributed by atoms with Gasteiger partial charge in [0, 0.05) is 46.7 Å².